The Hall–Kier alpha value is -3.37. The average molecular weight is 419 g/mol. The zero-order chi connectivity index (χ0) is 21.6. The third kappa shape index (κ3) is 4.14. The Labute approximate surface area is 181 Å². The van der Waals surface area contributed by atoms with Crippen molar-refractivity contribution in [1.82, 2.24) is 9.55 Å². The monoisotopic (exact) mass is 418 g/mol. The normalized spacial score (nSPS) is 10.8. The van der Waals surface area contributed by atoms with Crippen LogP contribution in [0.4, 0.5) is 0 Å². The molecule has 1 aromatic heterocycles. The van der Waals surface area contributed by atoms with Crippen LogP contribution in [0.5, 0.6) is 0 Å². The summed E-state index contributed by atoms with van der Waals surface area (Å²) in [6.45, 7) is 3.11. The highest BCUT2D eigenvalue weighted by atomic mass is 35.5. The fourth-order valence-corrected chi connectivity index (χ4v) is 4.00. The van der Waals surface area contributed by atoms with E-state index in [1.54, 1.807) is 0 Å². The summed E-state index contributed by atoms with van der Waals surface area (Å²) in [5.41, 5.74) is 2.71. The zero-order valence-electron chi connectivity index (χ0n) is 16.9. The molecule has 5 heteroatoms. The Bertz CT molecular complexity index is 1060. The van der Waals surface area contributed by atoms with Crippen molar-refractivity contribution < 1.29 is 9.90 Å². The van der Waals surface area contributed by atoms with Crippen LogP contribution < -0.4 is 0 Å². The largest absolute Gasteiger partial charge is 0.481 e. The van der Waals surface area contributed by atoms with Gasteiger partial charge in [-0.1, -0.05) is 90.5 Å². The van der Waals surface area contributed by atoms with Gasteiger partial charge in [0.05, 0.1) is 0 Å². The van der Waals surface area contributed by atoms with Gasteiger partial charge >= 0.3 is 0 Å². The molecule has 0 amide bonds. The fourth-order valence-electron chi connectivity index (χ4n) is 3.73. The second-order valence-electron chi connectivity index (χ2n) is 6.79. The standard InChI is InChI=1S/C23H19ClN2.C2H4O2/c1-18-25-16-17-26(18)23(19-10-4-2-5-11-19,20-12-6-3-7-13-20)21-14-8-9-15-22(21)24;1-2(3)4/h2-17H,1H3;1H3,(H,3,4). The molecule has 4 aromatic rings. The Kier molecular flexibility index (Phi) is 6.70. The highest BCUT2D eigenvalue weighted by Gasteiger charge is 2.40. The maximum absolute atomic E-state index is 9.00. The smallest absolute Gasteiger partial charge is 0.300 e. The molecular formula is C25H23ClN2O2. The van der Waals surface area contributed by atoms with Gasteiger partial charge in [-0.05, 0) is 24.1 Å². The molecule has 0 aliphatic heterocycles. The first-order chi connectivity index (χ1) is 14.5. The molecule has 0 aliphatic rings. The molecule has 1 N–H and O–H groups in total. The van der Waals surface area contributed by atoms with Crippen molar-refractivity contribution in [1.29, 1.82) is 0 Å². The van der Waals surface area contributed by atoms with E-state index in [0.717, 1.165) is 34.5 Å². The number of carboxylic acids is 1. The van der Waals surface area contributed by atoms with Gasteiger partial charge in [-0.25, -0.2) is 4.98 Å². The molecule has 0 bridgehead atoms. The molecule has 4 rings (SSSR count). The van der Waals surface area contributed by atoms with Crippen molar-refractivity contribution in [2.45, 2.75) is 19.4 Å². The van der Waals surface area contributed by atoms with Gasteiger partial charge in [-0.3, -0.25) is 4.79 Å². The van der Waals surface area contributed by atoms with Crippen LogP contribution in [-0.4, -0.2) is 20.6 Å². The number of hydrogen-bond donors (Lipinski definition) is 1. The highest BCUT2D eigenvalue weighted by molar-refractivity contribution is 6.31. The molecule has 0 saturated heterocycles. The Balaban J connectivity index is 0.000000589. The van der Waals surface area contributed by atoms with E-state index in [1.165, 1.54) is 0 Å². The van der Waals surface area contributed by atoms with E-state index in [9.17, 15) is 0 Å². The van der Waals surface area contributed by atoms with Crippen molar-refractivity contribution in [2.75, 3.05) is 0 Å². The Morgan fingerprint density at radius 2 is 1.37 bits per heavy atom. The van der Waals surface area contributed by atoms with E-state index in [1.807, 2.05) is 49.6 Å². The number of aryl methyl sites for hydroxylation is 1. The summed E-state index contributed by atoms with van der Waals surface area (Å²) in [4.78, 5) is 13.5. The number of imidazole rings is 1. The lowest BCUT2D eigenvalue weighted by Crippen LogP contribution is -2.38. The lowest BCUT2D eigenvalue weighted by atomic mass is 9.76. The second-order valence-corrected chi connectivity index (χ2v) is 7.19. The molecule has 0 fully saturated rings. The summed E-state index contributed by atoms with van der Waals surface area (Å²) >= 11 is 6.74. The summed E-state index contributed by atoms with van der Waals surface area (Å²) in [6.07, 6.45) is 3.87. The van der Waals surface area contributed by atoms with Crippen molar-refractivity contribution in [3.63, 3.8) is 0 Å². The summed E-state index contributed by atoms with van der Waals surface area (Å²) in [7, 11) is 0. The molecule has 4 nitrogen and oxygen atoms in total. The summed E-state index contributed by atoms with van der Waals surface area (Å²) in [5.74, 6) is 0.0950. The van der Waals surface area contributed by atoms with Gasteiger partial charge in [-0.15, -0.1) is 0 Å². The Morgan fingerprint density at radius 1 is 0.900 bits per heavy atom. The van der Waals surface area contributed by atoms with Gasteiger partial charge in [0, 0.05) is 29.9 Å². The molecule has 0 saturated carbocycles. The zero-order valence-corrected chi connectivity index (χ0v) is 17.6. The molecule has 0 spiro atoms. The molecule has 0 radical (unpaired) electrons. The van der Waals surface area contributed by atoms with E-state index >= 15 is 0 Å². The van der Waals surface area contributed by atoms with Gasteiger partial charge in [0.25, 0.3) is 5.97 Å². The van der Waals surface area contributed by atoms with Crippen molar-refractivity contribution in [3.05, 3.63) is 125 Å². The van der Waals surface area contributed by atoms with Crippen LogP contribution in [0, 0.1) is 6.92 Å². The predicted octanol–water partition coefficient (Wildman–Crippen LogP) is 5.78. The van der Waals surface area contributed by atoms with Crippen LogP contribution in [0.3, 0.4) is 0 Å². The van der Waals surface area contributed by atoms with Crippen molar-refractivity contribution in [2.24, 2.45) is 0 Å². The topological polar surface area (TPSA) is 55.1 Å². The molecule has 30 heavy (non-hydrogen) atoms. The quantitative estimate of drug-likeness (QED) is 0.427. The van der Waals surface area contributed by atoms with Gasteiger partial charge in [0.1, 0.15) is 11.4 Å². The number of nitrogens with zero attached hydrogens (tertiary/aromatic N) is 2. The molecule has 152 valence electrons. The van der Waals surface area contributed by atoms with Crippen LogP contribution in [0.25, 0.3) is 0 Å². The number of carboxylic acid groups (broad SMARTS) is 1. The maximum Gasteiger partial charge on any atom is 0.300 e. The fraction of sp³-hybridized carbons (Fsp3) is 0.120. The molecule has 3 aromatic carbocycles. The minimum Gasteiger partial charge on any atom is -0.481 e. The summed E-state index contributed by atoms with van der Waals surface area (Å²) in [5, 5.41) is 8.15. The number of benzene rings is 3. The number of carbonyl (C=O) groups is 1. The lowest BCUT2D eigenvalue weighted by molar-refractivity contribution is -0.134. The highest BCUT2D eigenvalue weighted by Crippen LogP contribution is 2.43. The SMILES string of the molecule is CC(=O)O.Cc1nccn1C(c1ccccc1)(c1ccccc1)c1ccccc1Cl. The molecule has 1 heterocycles. The summed E-state index contributed by atoms with van der Waals surface area (Å²) < 4.78 is 2.21. The first-order valence-electron chi connectivity index (χ1n) is 9.54. The number of halogens is 1. The second kappa shape index (κ2) is 9.42. The molecular weight excluding hydrogens is 396 g/mol. The number of rotatable bonds is 4. The van der Waals surface area contributed by atoms with Crippen LogP contribution in [0.15, 0.2) is 97.3 Å². The first-order valence-corrected chi connectivity index (χ1v) is 9.91. The first kappa shape index (κ1) is 21.3. The number of aliphatic carboxylic acids is 1. The molecule has 0 unspecified atom stereocenters. The third-order valence-electron chi connectivity index (χ3n) is 4.83. The number of aromatic nitrogens is 2. The van der Waals surface area contributed by atoms with E-state index in [4.69, 9.17) is 21.5 Å². The molecule has 0 atom stereocenters. The van der Waals surface area contributed by atoms with E-state index in [2.05, 4.69) is 64.1 Å². The van der Waals surface area contributed by atoms with E-state index in [0.29, 0.717) is 0 Å². The van der Waals surface area contributed by atoms with Crippen LogP contribution >= 0.6 is 11.6 Å². The molecule has 0 aliphatic carbocycles. The van der Waals surface area contributed by atoms with Crippen molar-refractivity contribution in [3.8, 4) is 0 Å². The average Bonchev–Trinajstić information content (AvgIpc) is 3.17. The van der Waals surface area contributed by atoms with Crippen LogP contribution in [0.2, 0.25) is 5.02 Å². The van der Waals surface area contributed by atoms with E-state index < -0.39 is 11.5 Å². The van der Waals surface area contributed by atoms with Gasteiger partial charge in [-0.2, -0.15) is 0 Å². The third-order valence-corrected chi connectivity index (χ3v) is 5.16. The van der Waals surface area contributed by atoms with Gasteiger partial charge in [0.15, 0.2) is 0 Å². The van der Waals surface area contributed by atoms with Gasteiger partial charge < -0.3 is 9.67 Å². The Morgan fingerprint density at radius 3 is 1.80 bits per heavy atom. The van der Waals surface area contributed by atoms with Crippen LogP contribution in [-0.2, 0) is 10.3 Å². The van der Waals surface area contributed by atoms with Crippen molar-refractivity contribution >= 4 is 17.6 Å². The minimum absolute atomic E-state index is 0.596. The van der Waals surface area contributed by atoms with Gasteiger partial charge in [0.2, 0.25) is 0 Å². The minimum atomic E-state index is -0.833. The maximum atomic E-state index is 9.00. The van der Waals surface area contributed by atoms with Crippen LogP contribution in [0.1, 0.15) is 29.4 Å². The van der Waals surface area contributed by atoms with E-state index in [-0.39, 0.29) is 0 Å². The lowest BCUT2D eigenvalue weighted by Gasteiger charge is -2.38. The predicted molar refractivity (Wildman–Crippen MR) is 120 cm³/mol. The summed E-state index contributed by atoms with van der Waals surface area (Å²) in [6, 6.07) is 29.0. The number of hydrogen-bond acceptors (Lipinski definition) is 2.